The third-order valence-corrected chi connectivity index (χ3v) is 6.40. The summed E-state index contributed by atoms with van der Waals surface area (Å²) in [5, 5.41) is 9.93. The minimum absolute atomic E-state index is 0.106. The number of rotatable bonds is 6. The monoisotopic (exact) mass is 482 g/mol. The number of carbonyl (C=O) groups is 2. The number of likely N-dealkylation sites (N-methyl/N-ethyl adjacent to an activating group) is 1. The lowest BCUT2D eigenvalue weighted by atomic mass is 9.94. The van der Waals surface area contributed by atoms with E-state index in [1.165, 1.54) is 4.90 Å². The SMILES string of the molecule is CC(C)COC(=O)N(C)C[C@H]1OCc2ccccc2-c2ccccc2C(=O)N([C@H](C)CO)C[C@@H]1C. The minimum Gasteiger partial charge on any atom is -0.449 e. The molecule has 35 heavy (non-hydrogen) atoms. The van der Waals surface area contributed by atoms with Crippen molar-refractivity contribution < 1.29 is 24.2 Å². The van der Waals surface area contributed by atoms with Crippen LogP contribution < -0.4 is 0 Å². The van der Waals surface area contributed by atoms with Crippen LogP contribution in [0.25, 0.3) is 11.1 Å². The van der Waals surface area contributed by atoms with Crippen LogP contribution in [0.2, 0.25) is 0 Å². The molecule has 0 unspecified atom stereocenters. The molecule has 3 atom stereocenters. The topological polar surface area (TPSA) is 79.3 Å². The fraction of sp³-hybridized carbons (Fsp3) is 0.500. The first-order chi connectivity index (χ1) is 16.7. The van der Waals surface area contributed by atoms with Gasteiger partial charge in [-0.25, -0.2) is 4.79 Å². The molecule has 0 saturated carbocycles. The summed E-state index contributed by atoms with van der Waals surface area (Å²) in [4.78, 5) is 29.6. The highest BCUT2D eigenvalue weighted by Crippen LogP contribution is 2.31. The summed E-state index contributed by atoms with van der Waals surface area (Å²) in [6.45, 7) is 9.09. The number of benzene rings is 2. The molecule has 7 nitrogen and oxygen atoms in total. The van der Waals surface area contributed by atoms with Crippen molar-refractivity contribution in [3.63, 3.8) is 0 Å². The number of fused-ring (bicyclic) bond motifs is 3. The molecule has 1 aliphatic rings. The Morgan fingerprint density at radius 2 is 1.74 bits per heavy atom. The van der Waals surface area contributed by atoms with E-state index in [-0.39, 0.29) is 36.5 Å². The van der Waals surface area contributed by atoms with Gasteiger partial charge >= 0.3 is 6.09 Å². The number of aliphatic hydroxyl groups excluding tert-OH is 1. The van der Waals surface area contributed by atoms with Crippen molar-refractivity contribution in [2.24, 2.45) is 11.8 Å². The third kappa shape index (κ3) is 6.61. The van der Waals surface area contributed by atoms with E-state index >= 15 is 0 Å². The highest BCUT2D eigenvalue weighted by molar-refractivity contribution is 6.01. The zero-order chi connectivity index (χ0) is 25.5. The van der Waals surface area contributed by atoms with Crippen LogP contribution >= 0.6 is 0 Å². The third-order valence-electron chi connectivity index (χ3n) is 6.40. The molecule has 3 rings (SSSR count). The lowest BCUT2D eigenvalue weighted by molar-refractivity contribution is -0.0234. The molecule has 1 heterocycles. The van der Waals surface area contributed by atoms with Crippen LogP contribution in [-0.2, 0) is 16.1 Å². The van der Waals surface area contributed by atoms with Gasteiger partial charge in [0.15, 0.2) is 0 Å². The van der Waals surface area contributed by atoms with Crippen LogP contribution in [0.3, 0.4) is 0 Å². The normalized spacial score (nSPS) is 19.4. The molecule has 0 aromatic heterocycles. The zero-order valence-corrected chi connectivity index (χ0v) is 21.4. The highest BCUT2D eigenvalue weighted by Gasteiger charge is 2.31. The summed E-state index contributed by atoms with van der Waals surface area (Å²) in [7, 11) is 1.70. The summed E-state index contributed by atoms with van der Waals surface area (Å²) in [5.41, 5.74) is 3.34. The Morgan fingerprint density at radius 1 is 1.11 bits per heavy atom. The van der Waals surface area contributed by atoms with Gasteiger partial charge in [-0.15, -0.1) is 0 Å². The quantitative estimate of drug-likeness (QED) is 0.659. The van der Waals surface area contributed by atoms with Crippen molar-refractivity contribution in [3.05, 3.63) is 59.7 Å². The average Bonchev–Trinajstić information content (AvgIpc) is 2.88. The average molecular weight is 483 g/mol. The van der Waals surface area contributed by atoms with Gasteiger partial charge in [-0.05, 0) is 35.6 Å². The molecule has 2 amide bonds. The van der Waals surface area contributed by atoms with E-state index in [2.05, 4.69) is 0 Å². The number of hydrogen-bond donors (Lipinski definition) is 1. The molecule has 2 aromatic rings. The molecule has 0 saturated heterocycles. The molecular formula is C28H38N2O5. The molecule has 2 aromatic carbocycles. The fourth-order valence-corrected chi connectivity index (χ4v) is 4.24. The summed E-state index contributed by atoms with van der Waals surface area (Å²) in [6, 6.07) is 15.1. The maximum absolute atomic E-state index is 13.8. The van der Waals surface area contributed by atoms with Crippen molar-refractivity contribution in [3.8, 4) is 11.1 Å². The molecule has 1 aliphatic heterocycles. The second kappa shape index (κ2) is 12.2. The Kier molecular flexibility index (Phi) is 9.29. The molecular weight excluding hydrogens is 444 g/mol. The molecule has 0 aliphatic carbocycles. The van der Waals surface area contributed by atoms with Crippen molar-refractivity contribution in [2.75, 3.05) is 33.4 Å². The van der Waals surface area contributed by atoms with Crippen molar-refractivity contribution in [2.45, 2.75) is 46.4 Å². The second-order valence-electron chi connectivity index (χ2n) is 9.87. The van der Waals surface area contributed by atoms with E-state index in [4.69, 9.17) is 9.47 Å². The number of ether oxygens (including phenoxy) is 2. The van der Waals surface area contributed by atoms with Crippen LogP contribution in [0.4, 0.5) is 4.79 Å². The number of hydrogen-bond acceptors (Lipinski definition) is 5. The van der Waals surface area contributed by atoms with E-state index in [0.717, 1.165) is 16.7 Å². The first-order valence-electron chi connectivity index (χ1n) is 12.3. The van der Waals surface area contributed by atoms with Crippen molar-refractivity contribution in [1.29, 1.82) is 0 Å². The minimum atomic E-state index is -0.395. The molecule has 0 bridgehead atoms. The van der Waals surface area contributed by atoms with E-state index in [1.807, 2.05) is 76.2 Å². The van der Waals surface area contributed by atoms with Crippen molar-refractivity contribution >= 4 is 12.0 Å². The highest BCUT2D eigenvalue weighted by atomic mass is 16.6. The predicted octanol–water partition coefficient (Wildman–Crippen LogP) is 4.44. The smallest absolute Gasteiger partial charge is 0.409 e. The van der Waals surface area contributed by atoms with Gasteiger partial charge in [0.25, 0.3) is 5.91 Å². The zero-order valence-electron chi connectivity index (χ0n) is 21.4. The van der Waals surface area contributed by atoms with E-state index in [1.54, 1.807) is 11.9 Å². The van der Waals surface area contributed by atoms with E-state index in [9.17, 15) is 14.7 Å². The number of amides is 2. The number of aliphatic hydroxyl groups is 1. The van der Waals surface area contributed by atoms with Crippen LogP contribution in [0.1, 0.15) is 43.6 Å². The van der Waals surface area contributed by atoms with Gasteiger partial charge < -0.3 is 24.4 Å². The van der Waals surface area contributed by atoms with Gasteiger partial charge in [0, 0.05) is 25.1 Å². The Labute approximate surface area is 208 Å². The van der Waals surface area contributed by atoms with Crippen LogP contribution in [0.15, 0.2) is 48.5 Å². The van der Waals surface area contributed by atoms with E-state index in [0.29, 0.717) is 31.9 Å². The lowest BCUT2D eigenvalue weighted by Gasteiger charge is -2.35. The summed E-state index contributed by atoms with van der Waals surface area (Å²) in [6.07, 6.45) is -0.740. The van der Waals surface area contributed by atoms with Gasteiger partial charge in [-0.3, -0.25) is 4.79 Å². The Bertz CT molecular complexity index is 1010. The fourth-order valence-electron chi connectivity index (χ4n) is 4.24. The number of nitrogens with zero attached hydrogens (tertiary/aromatic N) is 2. The summed E-state index contributed by atoms with van der Waals surface area (Å²) >= 11 is 0. The van der Waals surface area contributed by atoms with Crippen LogP contribution in [0.5, 0.6) is 0 Å². The van der Waals surface area contributed by atoms with Gasteiger partial charge in [0.05, 0.1) is 38.5 Å². The Morgan fingerprint density at radius 3 is 2.40 bits per heavy atom. The molecule has 7 heteroatoms. The molecule has 1 N–H and O–H groups in total. The van der Waals surface area contributed by atoms with Gasteiger partial charge in [0.2, 0.25) is 0 Å². The maximum atomic E-state index is 13.8. The second-order valence-corrected chi connectivity index (χ2v) is 9.87. The first-order valence-corrected chi connectivity index (χ1v) is 12.3. The first kappa shape index (κ1) is 26.7. The Hall–Kier alpha value is -2.90. The van der Waals surface area contributed by atoms with Crippen LogP contribution in [-0.4, -0.2) is 72.4 Å². The number of carbonyl (C=O) groups excluding carboxylic acids is 2. The molecule has 0 radical (unpaired) electrons. The summed E-state index contributed by atoms with van der Waals surface area (Å²) < 4.78 is 11.8. The Balaban J connectivity index is 1.98. The van der Waals surface area contributed by atoms with Gasteiger partial charge in [-0.2, -0.15) is 0 Å². The molecule has 0 spiro atoms. The van der Waals surface area contributed by atoms with Crippen molar-refractivity contribution in [1.82, 2.24) is 9.80 Å². The standard InChI is InChI=1S/C28H38N2O5/c1-19(2)17-35-28(33)29(5)15-26-20(3)14-30(21(4)16-31)27(32)25-13-9-8-12-24(25)23-11-7-6-10-22(23)18-34-26/h6-13,19-21,26,31H,14-18H2,1-5H3/t20-,21+,26+/m0/s1. The van der Waals surface area contributed by atoms with Crippen LogP contribution in [0, 0.1) is 11.8 Å². The predicted molar refractivity (Wildman–Crippen MR) is 136 cm³/mol. The maximum Gasteiger partial charge on any atom is 0.409 e. The summed E-state index contributed by atoms with van der Waals surface area (Å²) in [5.74, 6) is 0.0116. The van der Waals surface area contributed by atoms with E-state index < -0.39 is 6.09 Å². The largest absolute Gasteiger partial charge is 0.449 e. The lowest BCUT2D eigenvalue weighted by Crippen LogP contribution is -2.47. The van der Waals surface area contributed by atoms with Gasteiger partial charge in [-0.1, -0.05) is 63.2 Å². The molecule has 0 fully saturated rings. The van der Waals surface area contributed by atoms with Gasteiger partial charge in [0.1, 0.15) is 0 Å². The molecule has 190 valence electrons.